The molecule has 1 aliphatic rings. The lowest BCUT2D eigenvalue weighted by Crippen LogP contribution is -2.49. The van der Waals surface area contributed by atoms with Gasteiger partial charge in [0.2, 0.25) is 0 Å². The number of hydrogen-bond acceptors (Lipinski definition) is 5. The first-order valence-electron chi connectivity index (χ1n) is 10.9. The van der Waals surface area contributed by atoms with E-state index < -0.39 is 4.92 Å². The highest BCUT2D eigenvalue weighted by Gasteiger charge is 2.26. The number of nitro groups is 1. The Bertz CT molecular complexity index is 1290. The van der Waals surface area contributed by atoms with Crippen molar-refractivity contribution in [2.75, 3.05) is 31.1 Å². The molecule has 0 radical (unpaired) electrons. The Hall–Kier alpha value is -4.20. The summed E-state index contributed by atoms with van der Waals surface area (Å²) in [4.78, 5) is 32.1. The SMILES string of the molecule is O=C(c1cc2ccccc2n1Cc1ccccc1)N1CCN(c2ccc([N+](=O)[O-])cn2)CC1. The number of nitrogens with zero attached hydrogens (tertiary/aromatic N) is 5. The van der Waals surface area contributed by atoms with Gasteiger partial charge < -0.3 is 14.4 Å². The van der Waals surface area contributed by atoms with Crippen LogP contribution in [0.3, 0.4) is 0 Å². The highest BCUT2D eigenvalue weighted by Crippen LogP contribution is 2.24. The first-order valence-corrected chi connectivity index (χ1v) is 10.9. The maximum Gasteiger partial charge on any atom is 0.287 e. The van der Waals surface area contributed by atoms with Gasteiger partial charge in [0.25, 0.3) is 11.6 Å². The average molecular weight is 441 g/mol. The Kier molecular flexibility index (Phi) is 5.48. The van der Waals surface area contributed by atoms with Crippen LogP contribution in [0.15, 0.2) is 79.0 Å². The largest absolute Gasteiger partial charge is 0.353 e. The van der Waals surface area contributed by atoms with Crippen LogP contribution in [0.1, 0.15) is 16.1 Å². The van der Waals surface area contributed by atoms with Crippen molar-refractivity contribution in [3.05, 3.63) is 100 Å². The average Bonchev–Trinajstić information content (AvgIpc) is 3.23. The van der Waals surface area contributed by atoms with Crippen molar-refractivity contribution in [3.8, 4) is 0 Å². The minimum absolute atomic E-state index is 0.0124. The Balaban J connectivity index is 1.35. The monoisotopic (exact) mass is 441 g/mol. The molecule has 4 aromatic rings. The van der Waals surface area contributed by atoms with Crippen LogP contribution in [0, 0.1) is 10.1 Å². The van der Waals surface area contributed by atoms with Crippen LogP contribution >= 0.6 is 0 Å². The summed E-state index contributed by atoms with van der Waals surface area (Å²) in [6, 6.07) is 23.3. The summed E-state index contributed by atoms with van der Waals surface area (Å²) in [6.45, 7) is 2.99. The van der Waals surface area contributed by atoms with E-state index in [1.807, 2.05) is 58.3 Å². The smallest absolute Gasteiger partial charge is 0.287 e. The quantitative estimate of drug-likeness (QED) is 0.346. The van der Waals surface area contributed by atoms with Crippen molar-refractivity contribution < 1.29 is 9.72 Å². The number of benzene rings is 2. The van der Waals surface area contributed by atoms with Crippen molar-refractivity contribution in [1.82, 2.24) is 14.5 Å². The summed E-state index contributed by atoms with van der Waals surface area (Å²) in [6.07, 6.45) is 1.27. The van der Waals surface area contributed by atoms with Gasteiger partial charge in [-0.05, 0) is 23.8 Å². The number of pyridine rings is 1. The fourth-order valence-electron chi connectivity index (χ4n) is 4.30. The molecule has 0 aliphatic carbocycles. The summed E-state index contributed by atoms with van der Waals surface area (Å²) in [5, 5.41) is 11.9. The number of aromatic nitrogens is 2. The van der Waals surface area contributed by atoms with Crippen molar-refractivity contribution in [2.45, 2.75) is 6.54 Å². The standard InChI is InChI=1S/C25H23N5O3/c31-25(28-14-12-27(13-15-28)24-11-10-21(17-26-24)30(32)33)23-16-20-8-4-5-9-22(20)29(23)18-19-6-2-1-3-7-19/h1-11,16-17H,12-15,18H2. The van der Waals surface area contributed by atoms with Gasteiger partial charge in [-0.25, -0.2) is 4.98 Å². The minimum atomic E-state index is -0.456. The normalized spacial score (nSPS) is 13.9. The predicted molar refractivity (Wildman–Crippen MR) is 126 cm³/mol. The van der Waals surface area contributed by atoms with Crippen molar-refractivity contribution in [2.24, 2.45) is 0 Å². The molecule has 0 bridgehead atoms. The van der Waals surface area contributed by atoms with Gasteiger partial charge in [0, 0.05) is 49.7 Å². The molecule has 0 atom stereocenters. The summed E-state index contributed by atoms with van der Waals surface area (Å²) in [5.74, 6) is 0.698. The van der Waals surface area contributed by atoms with E-state index in [4.69, 9.17) is 0 Å². The molecule has 2 aromatic carbocycles. The van der Waals surface area contributed by atoms with Gasteiger partial charge in [0.05, 0.1) is 4.92 Å². The number of hydrogen-bond donors (Lipinski definition) is 0. The highest BCUT2D eigenvalue weighted by atomic mass is 16.6. The molecule has 166 valence electrons. The third-order valence-corrected chi connectivity index (χ3v) is 6.05. The summed E-state index contributed by atoms with van der Waals surface area (Å²) in [7, 11) is 0. The van der Waals surface area contributed by atoms with Gasteiger partial charge in [0.1, 0.15) is 17.7 Å². The molecule has 8 nitrogen and oxygen atoms in total. The molecule has 5 rings (SSSR count). The number of carbonyl (C=O) groups is 1. The van der Waals surface area contributed by atoms with E-state index in [1.54, 1.807) is 6.07 Å². The number of amides is 1. The molecular weight excluding hydrogens is 418 g/mol. The number of rotatable bonds is 5. The number of piperazine rings is 1. The highest BCUT2D eigenvalue weighted by molar-refractivity contribution is 5.99. The van der Waals surface area contributed by atoms with Crippen molar-refractivity contribution >= 4 is 28.3 Å². The van der Waals surface area contributed by atoms with Crippen LogP contribution < -0.4 is 4.90 Å². The summed E-state index contributed by atoms with van der Waals surface area (Å²) in [5.41, 5.74) is 2.83. The van der Waals surface area contributed by atoms with E-state index in [2.05, 4.69) is 21.7 Å². The van der Waals surface area contributed by atoms with Gasteiger partial charge in [-0.15, -0.1) is 0 Å². The van der Waals surface area contributed by atoms with Gasteiger partial charge in [0.15, 0.2) is 0 Å². The molecule has 33 heavy (non-hydrogen) atoms. The molecule has 1 aliphatic heterocycles. The van der Waals surface area contributed by atoms with Gasteiger partial charge in [-0.2, -0.15) is 0 Å². The molecule has 1 saturated heterocycles. The van der Waals surface area contributed by atoms with Crippen molar-refractivity contribution in [1.29, 1.82) is 0 Å². The van der Waals surface area contributed by atoms with Crippen LogP contribution in [0.5, 0.6) is 0 Å². The lowest BCUT2D eigenvalue weighted by atomic mass is 10.2. The zero-order chi connectivity index (χ0) is 22.8. The van der Waals surface area contributed by atoms with Gasteiger partial charge >= 0.3 is 0 Å². The number of fused-ring (bicyclic) bond motifs is 1. The molecule has 3 heterocycles. The molecule has 2 aromatic heterocycles. The second kappa shape index (κ2) is 8.74. The van der Waals surface area contributed by atoms with Crippen LogP contribution in [0.2, 0.25) is 0 Å². The number of anilines is 1. The third-order valence-electron chi connectivity index (χ3n) is 6.05. The number of para-hydroxylation sites is 1. The fourth-order valence-corrected chi connectivity index (χ4v) is 4.30. The van der Waals surface area contributed by atoms with Gasteiger partial charge in [-0.1, -0.05) is 48.5 Å². The minimum Gasteiger partial charge on any atom is -0.353 e. The Morgan fingerprint density at radius 3 is 2.36 bits per heavy atom. The zero-order valence-electron chi connectivity index (χ0n) is 18.0. The molecule has 0 unspecified atom stereocenters. The molecule has 1 amide bonds. The molecule has 0 spiro atoms. The predicted octanol–water partition coefficient (Wildman–Crippen LogP) is 3.96. The molecule has 8 heteroatoms. The Morgan fingerprint density at radius 2 is 1.67 bits per heavy atom. The molecular formula is C25H23N5O3. The van der Waals surface area contributed by atoms with Gasteiger partial charge in [-0.3, -0.25) is 14.9 Å². The Labute approximate surface area is 190 Å². The second-order valence-electron chi connectivity index (χ2n) is 8.07. The summed E-state index contributed by atoms with van der Waals surface area (Å²) >= 11 is 0. The van der Waals surface area contributed by atoms with Crippen LogP contribution in [0.25, 0.3) is 10.9 Å². The first kappa shape index (κ1) is 20.7. The molecule has 0 saturated carbocycles. The molecule has 1 fully saturated rings. The van der Waals surface area contributed by atoms with Crippen LogP contribution in [-0.2, 0) is 6.54 Å². The lowest BCUT2D eigenvalue weighted by molar-refractivity contribution is -0.385. The number of carbonyl (C=O) groups excluding carboxylic acids is 1. The maximum absolute atomic E-state index is 13.5. The van der Waals surface area contributed by atoms with Crippen molar-refractivity contribution in [3.63, 3.8) is 0 Å². The van der Waals surface area contributed by atoms with E-state index in [-0.39, 0.29) is 11.6 Å². The van der Waals surface area contributed by atoms with Crippen LogP contribution in [-0.4, -0.2) is 51.5 Å². The zero-order valence-corrected chi connectivity index (χ0v) is 18.0. The second-order valence-corrected chi connectivity index (χ2v) is 8.07. The van der Waals surface area contributed by atoms with E-state index in [1.165, 1.54) is 12.3 Å². The first-order chi connectivity index (χ1) is 16.1. The topological polar surface area (TPSA) is 84.5 Å². The van der Waals surface area contributed by atoms with E-state index in [0.29, 0.717) is 44.2 Å². The van der Waals surface area contributed by atoms with E-state index in [0.717, 1.165) is 16.5 Å². The summed E-state index contributed by atoms with van der Waals surface area (Å²) < 4.78 is 2.09. The molecule has 0 N–H and O–H groups in total. The fraction of sp³-hybridized carbons (Fsp3) is 0.200. The Morgan fingerprint density at radius 1 is 0.939 bits per heavy atom. The van der Waals surface area contributed by atoms with E-state index >= 15 is 0 Å². The van der Waals surface area contributed by atoms with Crippen LogP contribution in [0.4, 0.5) is 11.5 Å². The van der Waals surface area contributed by atoms with E-state index in [9.17, 15) is 14.9 Å². The third kappa shape index (κ3) is 4.15. The maximum atomic E-state index is 13.5. The lowest BCUT2D eigenvalue weighted by Gasteiger charge is -2.35.